The molecule has 0 aliphatic carbocycles. The van der Waals surface area contributed by atoms with Crippen LogP contribution in [0.15, 0.2) is 12.2 Å². The van der Waals surface area contributed by atoms with Gasteiger partial charge in [-0.3, -0.25) is 9.59 Å². The summed E-state index contributed by atoms with van der Waals surface area (Å²) >= 11 is 0. The van der Waals surface area contributed by atoms with Crippen molar-refractivity contribution in [2.45, 2.75) is 83.1 Å². The van der Waals surface area contributed by atoms with E-state index in [1.54, 1.807) is 6.08 Å². The summed E-state index contributed by atoms with van der Waals surface area (Å²) in [5, 5.41) is 33.7. The molecule has 1 rings (SSSR count). The number of hydrogen-bond donors (Lipinski definition) is 3. The quantitative estimate of drug-likeness (QED) is 0.313. The summed E-state index contributed by atoms with van der Waals surface area (Å²) in [6.45, 7) is 3.70. The summed E-state index contributed by atoms with van der Waals surface area (Å²) in [5.74, 6) is 0.0325. The van der Waals surface area contributed by atoms with Crippen LogP contribution in [-0.4, -0.2) is 65.8 Å². The van der Waals surface area contributed by atoms with Crippen LogP contribution < -0.4 is 10.4 Å². The number of allylic oxidation sites excluding steroid dienone is 2. The monoisotopic (exact) mass is 386 g/mol. The van der Waals surface area contributed by atoms with Crippen LogP contribution >= 0.6 is 0 Å². The summed E-state index contributed by atoms with van der Waals surface area (Å²) in [4.78, 5) is 22.8. The van der Waals surface area contributed by atoms with Crippen molar-refractivity contribution in [3.05, 3.63) is 12.2 Å². The standard InChI is InChI=1S/C19H32NO7/c1-3-14(21)9-7-5-4-6-8-10-15(22)20-11-12-26-19-18(25)17(24)16(23)13(2)27-19/h7,9,13,16-19,23,25H,3-6,8,10-12H2,1-2H3,(H,20,22)/q-1/b9-7+/t13-,16-,17+,18+,19+/m1/s1. The van der Waals surface area contributed by atoms with E-state index in [4.69, 9.17) is 9.47 Å². The molecule has 1 saturated heterocycles. The van der Waals surface area contributed by atoms with E-state index in [0.717, 1.165) is 25.7 Å². The Labute approximate surface area is 160 Å². The maximum absolute atomic E-state index is 11.7. The number of ether oxygens (including phenoxy) is 2. The van der Waals surface area contributed by atoms with Crippen molar-refractivity contribution in [3.8, 4) is 0 Å². The number of nitrogens with one attached hydrogen (secondary N) is 1. The Balaban J connectivity index is 2.06. The number of hydrogen-bond acceptors (Lipinski definition) is 7. The lowest BCUT2D eigenvalue weighted by Crippen LogP contribution is -2.62. The highest BCUT2D eigenvalue weighted by Crippen LogP contribution is 2.20. The molecule has 1 heterocycles. The van der Waals surface area contributed by atoms with Gasteiger partial charge in [0, 0.05) is 19.4 Å². The van der Waals surface area contributed by atoms with Gasteiger partial charge in [-0.05, 0) is 32.3 Å². The first-order valence-electron chi connectivity index (χ1n) is 9.61. The Morgan fingerprint density at radius 3 is 2.67 bits per heavy atom. The molecule has 3 N–H and O–H groups in total. The average molecular weight is 386 g/mol. The minimum Gasteiger partial charge on any atom is -0.848 e. The van der Waals surface area contributed by atoms with Gasteiger partial charge in [-0.1, -0.05) is 25.5 Å². The van der Waals surface area contributed by atoms with Crippen LogP contribution in [0.1, 0.15) is 52.4 Å². The highest BCUT2D eigenvalue weighted by atomic mass is 16.7. The second-order valence-electron chi connectivity index (χ2n) is 6.70. The van der Waals surface area contributed by atoms with Crippen molar-refractivity contribution in [2.24, 2.45) is 0 Å². The van der Waals surface area contributed by atoms with E-state index < -0.39 is 30.7 Å². The molecule has 0 aromatic rings. The highest BCUT2D eigenvalue weighted by molar-refractivity contribution is 5.89. The number of rotatable bonds is 12. The summed E-state index contributed by atoms with van der Waals surface area (Å²) in [6, 6.07) is 0. The van der Waals surface area contributed by atoms with Crippen molar-refractivity contribution in [3.63, 3.8) is 0 Å². The molecule has 8 nitrogen and oxygen atoms in total. The van der Waals surface area contributed by atoms with Gasteiger partial charge in [-0.2, -0.15) is 0 Å². The van der Waals surface area contributed by atoms with Crippen LogP contribution in [0.2, 0.25) is 0 Å². The zero-order chi connectivity index (χ0) is 20.2. The fourth-order valence-electron chi connectivity index (χ4n) is 2.65. The summed E-state index contributed by atoms with van der Waals surface area (Å²) in [7, 11) is 0. The van der Waals surface area contributed by atoms with Gasteiger partial charge in [0.15, 0.2) is 12.1 Å². The van der Waals surface area contributed by atoms with Crippen LogP contribution in [0.5, 0.6) is 0 Å². The minimum absolute atomic E-state index is 0.0918. The van der Waals surface area contributed by atoms with Gasteiger partial charge in [0.2, 0.25) is 5.91 Å². The Hall–Kier alpha value is -1.32. The van der Waals surface area contributed by atoms with Crippen LogP contribution in [0.25, 0.3) is 0 Å². The Kier molecular flexibility index (Phi) is 11.4. The number of ketones is 1. The van der Waals surface area contributed by atoms with Gasteiger partial charge < -0.3 is 30.1 Å². The van der Waals surface area contributed by atoms with Gasteiger partial charge in [0.1, 0.15) is 0 Å². The third-order valence-corrected chi connectivity index (χ3v) is 4.41. The molecule has 1 aliphatic heterocycles. The van der Waals surface area contributed by atoms with Gasteiger partial charge in [0.25, 0.3) is 0 Å². The molecule has 1 aliphatic rings. The van der Waals surface area contributed by atoms with Gasteiger partial charge in [0.05, 0.1) is 24.9 Å². The average Bonchev–Trinajstić information content (AvgIpc) is 2.66. The third-order valence-electron chi connectivity index (χ3n) is 4.41. The second-order valence-corrected chi connectivity index (χ2v) is 6.70. The molecular formula is C19H32NO7-. The van der Waals surface area contributed by atoms with Crippen molar-refractivity contribution in [2.75, 3.05) is 13.2 Å². The summed E-state index contributed by atoms with van der Waals surface area (Å²) in [5.41, 5.74) is 0. The molecule has 1 fully saturated rings. The third kappa shape index (κ3) is 8.94. The Bertz CT molecular complexity index is 483. The van der Waals surface area contributed by atoms with Crippen molar-refractivity contribution >= 4 is 11.7 Å². The SMILES string of the molecule is CCC(=O)/C=C/CCCCCC(=O)NCCO[C@H]1O[C@H](C)[C@@H](O)[C@H]([O-])[C@@H]1O. The van der Waals surface area contributed by atoms with Crippen LogP contribution in [0.3, 0.4) is 0 Å². The van der Waals surface area contributed by atoms with E-state index in [0.29, 0.717) is 12.8 Å². The fourth-order valence-corrected chi connectivity index (χ4v) is 2.65. The summed E-state index contributed by atoms with van der Waals surface area (Å²) in [6.07, 6.45) is 1.71. The maximum Gasteiger partial charge on any atom is 0.220 e. The number of aliphatic hydroxyl groups is 2. The zero-order valence-electron chi connectivity index (χ0n) is 16.1. The molecule has 0 aromatic heterocycles. The van der Waals surface area contributed by atoms with E-state index in [-0.39, 0.29) is 24.8 Å². The van der Waals surface area contributed by atoms with Crippen molar-refractivity contribution in [1.82, 2.24) is 5.32 Å². The van der Waals surface area contributed by atoms with Gasteiger partial charge >= 0.3 is 0 Å². The number of carbonyl (C=O) groups excluding carboxylic acids is 2. The molecule has 0 spiro atoms. The van der Waals surface area contributed by atoms with E-state index in [1.165, 1.54) is 6.92 Å². The molecule has 156 valence electrons. The fraction of sp³-hybridized carbons (Fsp3) is 0.789. The lowest BCUT2D eigenvalue weighted by Gasteiger charge is -2.45. The van der Waals surface area contributed by atoms with E-state index in [2.05, 4.69) is 5.32 Å². The predicted octanol–water partition coefficient (Wildman–Crippen LogP) is -0.199. The largest absolute Gasteiger partial charge is 0.848 e. The molecule has 0 radical (unpaired) electrons. The lowest BCUT2D eigenvalue weighted by atomic mass is 10.0. The summed E-state index contributed by atoms with van der Waals surface area (Å²) < 4.78 is 10.6. The predicted molar refractivity (Wildman–Crippen MR) is 96.6 cm³/mol. The molecule has 5 atom stereocenters. The molecule has 0 aromatic carbocycles. The normalized spacial score (nSPS) is 28.4. The maximum atomic E-state index is 11.7. The molecular weight excluding hydrogens is 354 g/mol. The first-order valence-corrected chi connectivity index (χ1v) is 9.61. The number of aliphatic hydroxyl groups excluding tert-OH is 2. The van der Waals surface area contributed by atoms with Crippen LogP contribution in [-0.2, 0) is 19.1 Å². The van der Waals surface area contributed by atoms with Gasteiger partial charge in [-0.25, -0.2) is 0 Å². The van der Waals surface area contributed by atoms with E-state index in [9.17, 15) is 24.9 Å². The molecule has 0 saturated carbocycles. The van der Waals surface area contributed by atoms with E-state index in [1.807, 2.05) is 13.0 Å². The van der Waals surface area contributed by atoms with Crippen LogP contribution in [0, 0.1) is 0 Å². The highest BCUT2D eigenvalue weighted by Gasteiger charge is 2.37. The van der Waals surface area contributed by atoms with Crippen molar-refractivity contribution in [1.29, 1.82) is 0 Å². The molecule has 0 unspecified atom stereocenters. The zero-order valence-corrected chi connectivity index (χ0v) is 16.1. The topological polar surface area (TPSA) is 128 Å². The smallest absolute Gasteiger partial charge is 0.220 e. The first-order chi connectivity index (χ1) is 12.9. The second kappa shape index (κ2) is 13.0. The van der Waals surface area contributed by atoms with Gasteiger partial charge in [-0.15, -0.1) is 0 Å². The number of amides is 1. The molecule has 8 heteroatoms. The Morgan fingerprint density at radius 1 is 1.22 bits per heavy atom. The lowest BCUT2D eigenvalue weighted by molar-refractivity contribution is -0.487. The molecule has 1 amide bonds. The minimum atomic E-state index is -1.58. The first kappa shape index (κ1) is 23.7. The number of carbonyl (C=O) groups is 2. The van der Waals surface area contributed by atoms with Crippen molar-refractivity contribution < 1.29 is 34.4 Å². The Morgan fingerprint density at radius 2 is 1.96 bits per heavy atom. The number of unbranched alkanes of at least 4 members (excludes halogenated alkanes) is 3. The molecule has 0 bridgehead atoms. The molecule has 27 heavy (non-hydrogen) atoms. The van der Waals surface area contributed by atoms with Crippen LogP contribution in [0.4, 0.5) is 0 Å². The van der Waals surface area contributed by atoms with E-state index >= 15 is 0 Å².